The Morgan fingerprint density at radius 3 is 0.823 bits per heavy atom. The number of carbonyl (C=O) groups excluding carboxylic acids is 2. The lowest BCUT2D eigenvalue weighted by Gasteiger charge is -2.15. The molecule has 0 spiro atoms. The molecule has 0 aromatic rings. The van der Waals surface area contributed by atoms with E-state index in [1.54, 1.807) is 0 Å². The number of ether oxygens (including phenoxy) is 2. The van der Waals surface area contributed by atoms with Gasteiger partial charge in [-0.3, -0.25) is 9.59 Å². The molecule has 1 unspecified atom stereocenters. The number of carbonyl (C=O) groups is 2. The van der Waals surface area contributed by atoms with Crippen LogP contribution in [0.1, 0.15) is 393 Å². The number of esters is 2. The Morgan fingerprint density at radius 2 is 0.544 bits per heavy atom. The third-order valence-electron chi connectivity index (χ3n) is 16.4. The van der Waals surface area contributed by atoms with E-state index in [9.17, 15) is 14.7 Å². The normalized spacial score (nSPS) is 12.4. The lowest BCUT2D eigenvalue weighted by Crippen LogP contribution is -2.28. The van der Waals surface area contributed by atoms with E-state index in [-0.39, 0.29) is 25.2 Å². The number of aliphatic hydroxyl groups is 1. The van der Waals surface area contributed by atoms with Gasteiger partial charge in [0.1, 0.15) is 6.61 Å². The summed E-state index contributed by atoms with van der Waals surface area (Å²) in [4.78, 5) is 24.6. The van der Waals surface area contributed by atoms with Crippen LogP contribution in [0.4, 0.5) is 0 Å². The van der Waals surface area contributed by atoms with Crippen molar-refractivity contribution < 1.29 is 24.2 Å². The minimum Gasteiger partial charge on any atom is -0.462 e. The Bertz CT molecular complexity index is 1300. The molecule has 464 valence electrons. The van der Waals surface area contributed by atoms with Crippen LogP contribution in [-0.4, -0.2) is 36.4 Å². The largest absolute Gasteiger partial charge is 0.462 e. The second-order valence-electron chi connectivity index (χ2n) is 24.3. The summed E-state index contributed by atoms with van der Waals surface area (Å²) < 4.78 is 10.8. The van der Waals surface area contributed by atoms with Crippen LogP contribution in [0.15, 0.2) is 48.6 Å². The zero-order valence-electron chi connectivity index (χ0n) is 53.4. The topological polar surface area (TPSA) is 72.8 Å². The molecule has 0 aromatic heterocycles. The first-order valence-corrected chi connectivity index (χ1v) is 35.7. The summed E-state index contributed by atoms with van der Waals surface area (Å²) in [6.45, 7) is 4.09. The molecule has 0 fully saturated rings. The van der Waals surface area contributed by atoms with Crippen LogP contribution in [-0.2, 0) is 19.1 Å². The van der Waals surface area contributed by atoms with Crippen LogP contribution < -0.4 is 0 Å². The standard InChI is InChI=1S/C74H138O5/c1-3-5-7-9-11-13-15-17-19-21-23-25-27-29-31-32-33-34-35-36-37-38-39-40-41-43-44-46-48-50-52-54-56-58-60-62-64-66-68-73(76)78-71-72(70-75)79-74(77)69-67-65-63-61-59-57-55-53-51-49-47-45-42-30-28-26-24-22-20-18-16-14-12-10-8-6-4-2/h6,8,12,14,18,20,24,26,72,75H,3-5,7,9-11,13,15-17,19,21-23,25,27-71H2,1-2H3/b8-6-,14-12-,20-18-,26-24-. The van der Waals surface area contributed by atoms with Gasteiger partial charge in [0.05, 0.1) is 6.61 Å². The van der Waals surface area contributed by atoms with Crippen molar-refractivity contribution in [3.8, 4) is 0 Å². The first-order chi connectivity index (χ1) is 39.1. The number of hydrogen-bond donors (Lipinski definition) is 1. The zero-order chi connectivity index (χ0) is 56.9. The Morgan fingerprint density at radius 1 is 0.304 bits per heavy atom. The van der Waals surface area contributed by atoms with Crippen LogP contribution in [0.3, 0.4) is 0 Å². The first-order valence-electron chi connectivity index (χ1n) is 35.7. The number of aliphatic hydroxyl groups excluding tert-OH is 1. The maximum Gasteiger partial charge on any atom is 0.306 e. The summed E-state index contributed by atoms with van der Waals surface area (Å²) in [5.41, 5.74) is 0. The molecule has 5 heteroatoms. The van der Waals surface area contributed by atoms with Crippen molar-refractivity contribution in [3.63, 3.8) is 0 Å². The average Bonchev–Trinajstić information content (AvgIpc) is 3.45. The summed E-state index contributed by atoms with van der Waals surface area (Å²) in [5.74, 6) is -0.571. The summed E-state index contributed by atoms with van der Waals surface area (Å²) in [6.07, 6.45) is 94.5. The van der Waals surface area contributed by atoms with Gasteiger partial charge in [0.15, 0.2) is 6.10 Å². The predicted octanol–water partition coefficient (Wildman–Crippen LogP) is 24.7. The molecule has 0 radical (unpaired) electrons. The van der Waals surface area contributed by atoms with Gasteiger partial charge >= 0.3 is 11.9 Å². The molecule has 79 heavy (non-hydrogen) atoms. The van der Waals surface area contributed by atoms with Gasteiger partial charge in [0, 0.05) is 12.8 Å². The van der Waals surface area contributed by atoms with E-state index in [1.165, 1.54) is 308 Å². The summed E-state index contributed by atoms with van der Waals surface area (Å²) >= 11 is 0. The molecule has 0 rings (SSSR count). The molecule has 0 bridgehead atoms. The lowest BCUT2D eigenvalue weighted by molar-refractivity contribution is -0.161. The molecule has 0 heterocycles. The minimum atomic E-state index is -0.772. The summed E-state index contributed by atoms with van der Waals surface area (Å²) in [7, 11) is 0. The van der Waals surface area contributed by atoms with Gasteiger partial charge in [0.2, 0.25) is 0 Å². The molecule has 0 saturated carbocycles. The summed E-state index contributed by atoms with van der Waals surface area (Å²) in [5, 5.41) is 9.70. The molecule has 0 aliphatic carbocycles. The molecule has 5 nitrogen and oxygen atoms in total. The molecule has 0 amide bonds. The van der Waals surface area contributed by atoms with E-state index in [4.69, 9.17) is 9.47 Å². The maximum atomic E-state index is 12.4. The maximum absolute atomic E-state index is 12.4. The fourth-order valence-corrected chi connectivity index (χ4v) is 11.1. The van der Waals surface area contributed by atoms with E-state index < -0.39 is 6.10 Å². The number of allylic oxidation sites excluding steroid dienone is 8. The van der Waals surface area contributed by atoms with Gasteiger partial charge in [-0.2, -0.15) is 0 Å². The van der Waals surface area contributed by atoms with Gasteiger partial charge in [0.25, 0.3) is 0 Å². The molecule has 1 atom stereocenters. The zero-order valence-corrected chi connectivity index (χ0v) is 53.4. The molecular weight excluding hydrogens is 969 g/mol. The Hall–Kier alpha value is -2.14. The van der Waals surface area contributed by atoms with E-state index in [0.717, 1.165) is 57.8 Å². The molecule has 0 aliphatic heterocycles. The lowest BCUT2D eigenvalue weighted by atomic mass is 10.0. The van der Waals surface area contributed by atoms with Crippen molar-refractivity contribution in [3.05, 3.63) is 48.6 Å². The van der Waals surface area contributed by atoms with Crippen molar-refractivity contribution in [1.29, 1.82) is 0 Å². The van der Waals surface area contributed by atoms with Crippen LogP contribution in [0.5, 0.6) is 0 Å². The average molecular weight is 1110 g/mol. The van der Waals surface area contributed by atoms with Gasteiger partial charge in [-0.25, -0.2) is 0 Å². The highest BCUT2D eigenvalue weighted by atomic mass is 16.6. The Labute approximate surface area is 494 Å². The number of unbranched alkanes of at least 4 members (excludes halogenated alkanes) is 51. The van der Waals surface area contributed by atoms with Crippen molar-refractivity contribution in [2.75, 3.05) is 13.2 Å². The van der Waals surface area contributed by atoms with E-state index >= 15 is 0 Å². The Kier molecular flexibility index (Phi) is 68.2. The number of rotatable bonds is 67. The Balaban J connectivity index is 3.37. The SMILES string of the molecule is CC/C=C\C/C=C\C/C=C\C/C=C\CCCCCCCCCCCCCCCCC(=O)OC(CO)COC(=O)CCCCCCCCCCCCCCCCCCCCCCCCCCCCCCCCCCCCCCCC. The second kappa shape index (κ2) is 70.1. The van der Waals surface area contributed by atoms with Gasteiger partial charge in [-0.05, 0) is 51.4 Å². The van der Waals surface area contributed by atoms with E-state index in [1.807, 2.05) is 0 Å². The molecule has 1 N–H and O–H groups in total. The molecule has 0 saturated heterocycles. The highest BCUT2D eigenvalue weighted by Gasteiger charge is 2.16. The van der Waals surface area contributed by atoms with Crippen LogP contribution >= 0.6 is 0 Å². The van der Waals surface area contributed by atoms with E-state index in [0.29, 0.717) is 12.8 Å². The van der Waals surface area contributed by atoms with Gasteiger partial charge in [-0.1, -0.05) is 377 Å². The first kappa shape index (κ1) is 76.9. The second-order valence-corrected chi connectivity index (χ2v) is 24.3. The predicted molar refractivity (Wildman–Crippen MR) is 348 cm³/mol. The fraction of sp³-hybridized carbons (Fsp3) is 0.865. The quantitative estimate of drug-likeness (QED) is 0.0373. The molecular formula is C74H138O5. The highest BCUT2D eigenvalue weighted by molar-refractivity contribution is 5.70. The van der Waals surface area contributed by atoms with Gasteiger partial charge < -0.3 is 14.6 Å². The minimum absolute atomic E-state index is 0.0615. The number of hydrogen-bond acceptors (Lipinski definition) is 5. The smallest absolute Gasteiger partial charge is 0.306 e. The van der Waals surface area contributed by atoms with Gasteiger partial charge in [-0.15, -0.1) is 0 Å². The van der Waals surface area contributed by atoms with Crippen LogP contribution in [0.2, 0.25) is 0 Å². The third-order valence-corrected chi connectivity index (χ3v) is 16.4. The monoisotopic (exact) mass is 1110 g/mol. The van der Waals surface area contributed by atoms with Crippen molar-refractivity contribution in [1.82, 2.24) is 0 Å². The van der Waals surface area contributed by atoms with E-state index in [2.05, 4.69) is 62.5 Å². The fourth-order valence-electron chi connectivity index (χ4n) is 11.1. The molecule has 0 aliphatic rings. The highest BCUT2D eigenvalue weighted by Crippen LogP contribution is 2.19. The van der Waals surface area contributed by atoms with Crippen molar-refractivity contribution in [2.45, 2.75) is 399 Å². The third kappa shape index (κ3) is 68.3. The summed E-state index contributed by atoms with van der Waals surface area (Å²) in [6, 6.07) is 0. The van der Waals surface area contributed by atoms with Crippen LogP contribution in [0.25, 0.3) is 0 Å². The van der Waals surface area contributed by atoms with Crippen LogP contribution in [0, 0.1) is 0 Å². The molecule has 0 aromatic carbocycles. The van der Waals surface area contributed by atoms with Crippen molar-refractivity contribution in [2.24, 2.45) is 0 Å². The van der Waals surface area contributed by atoms with Crippen molar-refractivity contribution >= 4 is 11.9 Å².